The molecule has 1 aliphatic carbocycles. The molecule has 7 rings (SSSR count). The van der Waals surface area contributed by atoms with Crippen molar-refractivity contribution < 1.29 is 86.7 Å². The minimum absolute atomic E-state index is 0.162. The lowest BCUT2D eigenvalue weighted by molar-refractivity contribution is -0.293. The predicted octanol–water partition coefficient (Wildman–Crippen LogP) is 7.91. The minimum atomic E-state index is -4.17. The molecule has 3 N–H and O–H groups in total. The summed E-state index contributed by atoms with van der Waals surface area (Å²) in [7, 11) is 0. The van der Waals surface area contributed by atoms with Gasteiger partial charge < -0.3 is 58.0 Å². The van der Waals surface area contributed by atoms with Gasteiger partial charge in [0.15, 0.2) is 0 Å². The Morgan fingerprint density at radius 2 is 0.526 bits per heavy atom. The van der Waals surface area contributed by atoms with Gasteiger partial charge in [-0.25, -0.2) is 14.4 Å². The summed E-state index contributed by atoms with van der Waals surface area (Å²) in [6, 6.07) is 30.4. The van der Waals surface area contributed by atoms with Gasteiger partial charge in [0, 0.05) is 16.7 Å². The van der Waals surface area contributed by atoms with Crippen molar-refractivity contribution in [2.45, 2.75) is 76.7 Å². The molecule has 0 aliphatic heterocycles. The SMILES string of the molecule is CCOc1ccc(C(=O)O[C@@]2(C(=O)c3ccc(OCC)cc3)[C@@](OC(=O)c3ccc(OCC)cc3)(C(=O)c3ccc(OCC)cc3)[C@@H](O)[C@H](O)[C@@H](O)[C@@]2(OC(=O)c2ccc(OCC)cc2)C(=O)c2ccc(OCC)cc2)cc1. The number of rotatable bonds is 24. The molecule has 6 aromatic rings. The van der Waals surface area contributed by atoms with Crippen LogP contribution in [0.2, 0.25) is 0 Å². The molecular weight excluding hydrogens is 1010 g/mol. The Labute approximate surface area is 450 Å². The van der Waals surface area contributed by atoms with E-state index in [0.717, 1.165) is 36.4 Å². The predicted molar refractivity (Wildman–Crippen MR) is 281 cm³/mol. The van der Waals surface area contributed by atoms with Crippen LogP contribution in [0.3, 0.4) is 0 Å². The third kappa shape index (κ3) is 11.0. The van der Waals surface area contributed by atoms with Gasteiger partial charge in [0.2, 0.25) is 17.3 Å². The average Bonchev–Trinajstić information content (AvgIpc) is 2.07. The van der Waals surface area contributed by atoms with E-state index in [1.165, 1.54) is 109 Å². The Morgan fingerprint density at radius 3 is 0.756 bits per heavy atom. The first-order valence-electron chi connectivity index (χ1n) is 25.3. The number of benzene rings is 6. The number of aliphatic hydroxyl groups is 3. The smallest absolute Gasteiger partial charge is 0.339 e. The molecule has 18 heteroatoms. The summed E-state index contributed by atoms with van der Waals surface area (Å²) in [6.45, 7) is 11.5. The van der Waals surface area contributed by atoms with Crippen LogP contribution in [-0.2, 0) is 14.2 Å². The molecule has 0 heterocycles. The summed E-state index contributed by atoms with van der Waals surface area (Å²) in [4.78, 5) is 96.2. The van der Waals surface area contributed by atoms with Crippen LogP contribution in [-0.4, -0.2) is 125 Å². The Morgan fingerprint density at radius 1 is 0.321 bits per heavy atom. The van der Waals surface area contributed by atoms with Gasteiger partial charge in [-0.2, -0.15) is 0 Å². The first-order chi connectivity index (χ1) is 37.6. The Balaban J connectivity index is 1.70. The van der Waals surface area contributed by atoms with Crippen molar-refractivity contribution in [1.29, 1.82) is 0 Å². The molecule has 0 aromatic heterocycles. The van der Waals surface area contributed by atoms with Gasteiger partial charge >= 0.3 is 17.9 Å². The molecule has 18 nitrogen and oxygen atoms in total. The monoisotopic (exact) mass is 1070 g/mol. The molecule has 1 fully saturated rings. The van der Waals surface area contributed by atoms with E-state index in [0.29, 0.717) is 0 Å². The zero-order valence-corrected chi connectivity index (χ0v) is 43.8. The van der Waals surface area contributed by atoms with Gasteiger partial charge in [0.05, 0.1) is 56.3 Å². The number of carbonyl (C=O) groups is 6. The lowest BCUT2D eigenvalue weighted by Crippen LogP contribution is -2.91. The fourth-order valence-electron chi connectivity index (χ4n) is 9.24. The van der Waals surface area contributed by atoms with Crippen LogP contribution in [0.25, 0.3) is 0 Å². The van der Waals surface area contributed by atoms with Crippen LogP contribution < -0.4 is 28.4 Å². The van der Waals surface area contributed by atoms with E-state index in [1.54, 1.807) is 41.5 Å². The van der Waals surface area contributed by atoms with Gasteiger partial charge in [-0.05, 0) is 187 Å². The van der Waals surface area contributed by atoms with Gasteiger partial charge in [0.1, 0.15) is 52.8 Å². The van der Waals surface area contributed by atoms with Crippen molar-refractivity contribution in [2.24, 2.45) is 0 Å². The lowest BCUT2D eigenvalue weighted by atomic mass is 9.52. The highest BCUT2D eigenvalue weighted by molar-refractivity contribution is 6.21. The van der Waals surface area contributed by atoms with Crippen molar-refractivity contribution in [3.63, 3.8) is 0 Å². The van der Waals surface area contributed by atoms with Gasteiger partial charge in [0.25, 0.3) is 16.8 Å². The van der Waals surface area contributed by atoms with Crippen LogP contribution >= 0.6 is 0 Å². The van der Waals surface area contributed by atoms with Gasteiger partial charge in [-0.3, -0.25) is 14.4 Å². The first-order valence-corrected chi connectivity index (χ1v) is 25.3. The summed E-state index contributed by atoms with van der Waals surface area (Å²) in [5, 5.41) is 39.0. The zero-order chi connectivity index (χ0) is 56.2. The average molecular weight is 1070 g/mol. The van der Waals surface area contributed by atoms with Crippen molar-refractivity contribution in [3.8, 4) is 34.5 Å². The molecule has 0 saturated heterocycles. The van der Waals surface area contributed by atoms with Crippen LogP contribution in [0.5, 0.6) is 34.5 Å². The molecule has 0 spiro atoms. The topological polar surface area (TPSA) is 246 Å². The van der Waals surface area contributed by atoms with E-state index in [4.69, 9.17) is 42.6 Å². The van der Waals surface area contributed by atoms with E-state index in [-0.39, 0.29) is 85.3 Å². The highest BCUT2D eigenvalue weighted by Gasteiger charge is 2.88. The van der Waals surface area contributed by atoms with Crippen molar-refractivity contribution in [3.05, 3.63) is 179 Å². The fraction of sp³-hybridized carbons (Fsp3) is 0.300. The summed E-state index contributed by atoms with van der Waals surface area (Å²) in [5.41, 5.74) is -14.9. The number of hydrogen-bond acceptors (Lipinski definition) is 18. The summed E-state index contributed by atoms with van der Waals surface area (Å²) >= 11 is 0. The zero-order valence-electron chi connectivity index (χ0n) is 43.8. The number of Topliss-reactive ketones (excluding diaryl/α,β-unsaturated/α-hetero) is 3. The highest BCUT2D eigenvalue weighted by Crippen LogP contribution is 2.56. The maximum Gasteiger partial charge on any atom is 0.339 e. The lowest BCUT2D eigenvalue weighted by Gasteiger charge is -2.60. The highest BCUT2D eigenvalue weighted by atomic mass is 16.7. The van der Waals surface area contributed by atoms with Crippen molar-refractivity contribution in [1.82, 2.24) is 0 Å². The molecule has 78 heavy (non-hydrogen) atoms. The van der Waals surface area contributed by atoms with E-state index >= 15 is 28.8 Å². The number of aliphatic hydroxyl groups excluding tert-OH is 3. The van der Waals surface area contributed by atoms with Crippen LogP contribution in [0.1, 0.15) is 104 Å². The number of ketones is 3. The van der Waals surface area contributed by atoms with E-state index < -0.39 is 92.6 Å². The molecule has 1 aliphatic rings. The van der Waals surface area contributed by atoms with Crippen molar-refractivity contribution >= 4 is 35.3 Å². The maximum atomic E-state index is 16.9. The molecule has 0 radical (unpaired) electrons. The molecule has 0 bridgehead atoms. The molecule has 0 unspecified atom stereocenters. The third-order valence-electron chi connectivity index (χ3n) is 12.8. The first kappa shape index (κ1) is 57.1. The largest absolute Gasteiger partial charge is 0.494 e. The van der Waals surface area contributed by atoms with Crippen LogP contribution in [0, 0.1) is 0 Å². The quantitative estimate of drug-likeness (QED) is 0.0296. The minimum Gasteiger partial charge on any atom is -0.494 e. The maximum absolute atomic E-state index is 16.9. The molecule has 408 valence electrons. The van der Waals surface area contributed by atoms with E-state index in [1.807, 2.05) is 0 Å². The van der Waals surface area contributed by atoms with E-state index in [9.17, 15) is 15.3 Å². The summed E-state index contributed by atoms with van der Waals surface area (Å²) in [5.74, 6) is -8.03. The second-order valence-electron chi connectivity index (χ2n) is 17.4. The van der Waals surface area contributed by atoms with E-state index in [2.05, 4.69) is 0 Å². The molecule has 1 saturated carbocycles. The summed E-state index contributed by atoms with van der Waals surface area (Å²) < 4.78 is 53.2. The van der Waals surface area contributed by atoms with Crippen LogP contribution in [0.15, 0.2) is 146 Å². The molecular formula is C60H60O18. The Kier molecular flexibility index (Phi) is 18.3. The standard InChI is InChI=1S/C60H60O18/c1-7-70-43-25-13-37(14-26-43)50(62)58(76-55(67)40-19-31-46(32-20-40)73-10-4)53(65)49(61)54(66)59(51(63)38-15-27-44(28-16-38)71-8-2,77-56(68)41-21-33-47(34-22-41)74-11-5)60(58,52(64)39-17-29-45(30-18-39)72-9-3)78-57(69)42-23-35-48(36-24-42)75-12-6/h13-36,49,53-54,61,65-66H,7-12H2,1-6H3/t49-,53-,54+,58+,59-,60-. The second-order valence-corrected chi connectivity index (χ2v) is 17.4. The Hall–Kier alpha value is -8.58. The molecule has 6 aromatic carbocycles. The van der Waals surface area contributed by atoms with Crippen molar-refractivity contribution in [2.75, 3.05) is 39.6 Å². The second kappa shape index (κ2) is 25.1. The Bertz CT molecular complexity index is 2900. The third-order valence-corrected chi connectivity index (χ3v) is 12.8. The number of ether oxygens (including phenoxy) is 9. The molecule has 6 atom stereocenters. The fourth-order valence-corrected chi connectivity index (χ4v) is 9.24. The number of hydrogen-bond donors (Lipinski definition) is 3. The molecule has 0 amide bonds. The van der Waals surface area contributed by atoms with Crippen LogP contribution in [0.4, 0.5) is 0 Å². The number of esters is 3. The summed E-state index contributed by atoms with van der Waals surface area (Å²) in [6.07, 6.45) is -9.04. The van der Waals surface area contributed by atoms with Gasteiger partial charge in [-0.1, -0.05) is 0 Å². The number of carbonyl (C=O) groups excluding carboxylic acids is 6. The van der Waals surface area contributed by atoms with Gasteiger partial charge in [-0.15, -0.1) is 0 Å². The normalized spacial score (nSPS) is 20.5.